The molecule has 1 unspecified atom stereocenters. The topological polar surface area (TPSA) is 78.9 Å². The van der Waals surface area contributed by atoms with Crippen LogP contribution < -0.4 is 4.74 Å². The zero-order valence-electron chi connectivity index (χ0n) is 23.6. The molecule has 0 fully saturated rings. The highest BCUT2D eigenvalue weighted by Gasteiger charge is 2.40. The Morgan fingerprint density at radius 2 is 1.71 bits per heavy atom. The maximum atomic E-state index is 13.4. The number of allylic oxidation sites excluding steroid dienone is 5. The number of carbonyl (C=O) groups excluding carboxylic acids is 3. The average molecular weight is 585 g/mol. The van der Waals surface area contributed by atoms with Crippen LogP contribution in [0.4, 0.5) is 13.2 Å². The number of hydrogen-bond donors (Lipinski definition) is 0. The summed E-state index contributed by atoms with van der Waals surface area (Å²) in [6, 6.07) is 12.1. The smallest absolute Gasteiger partial charge is 0.414 e. The second-order valence-electron chi connectivity index (χ2n) is 9.85. The summed E-state index contributed by atoms with van der Waals surface area (Å²) in [7, 11) is 0. The quantitative estimate of drug-likeness (QED) is 0.0919. The van der Waals surface area contributed by atoms with Crippen LogP contribution in [0.25, 0.3) is 5.57 Å². The molecule has 1 aliphatic carbocycles. The van der Waals surface area contributed by atoms with Gasteiger partial charge < -0.3 is 14.2 Å². The molecule has 2 aromatic rings. The van der Waals surface area contributed by atoms with Gasteiger partial charge in [-0.25, -0.2) is 9.59 Å². The van der Waals surface area contributed by atoms with Gasteiger partial charge in [-0.05, 0) is 42.7 Å². The zero-order valence-corrected chi connectivity index (χ0v) is 23.6. The van der Waals surface area contributed by atoms with Gasteiger partial charge in [0, 0.05) is 25.0 Å². The van der Waals surface area contributed by atoms with Crippen LogP contribution in [0.2, 0.25) is 0 Å². The molecule has 3 rings (SSSR count). The molecule has 0 saturated carbocycles. The summed E-state index contributed by atoms with van der Waals surface area (Å²) in [6.07, 6.45) is 2.30. The second kappa shape index (κ2) is 15.9. The van der Waals surface area contributed by atoms with Gasteiger partial charge in [-0.1, -0.05) is 74.3 Å². The van der Waals surface area contributed by atoms with Gasteiger partial charge in [-0.3, -0.25) is 4.79 Å². The molecule has 0 heterocycles. The Labute approximate surface area is 243 Å². The number of ketones is 1. The first-order chi connectivity index (χ1) is 20.1. The van der Waals surface area contributed by atoms with Crippen molar-refractivity contribution in [3.8, 4) is 5.75 Å². The van der Waals surface area contributed by atoms with Crippen molar-refractivity contribution in [1.29, 1.82) is 0 Å². The third kappa shape index (κ3) is 9.55. The van der Waals surface area contributed by atoms with Crippen molar-refractivity contribution in [2.75, 3.05) is 13.2 Å². The number of benzene rings is 2. The first-order valence-electron chi connectivity index (χ1n) is 13.9. The molecular weight excluding hydrogens is 549 g/mol. The summed E-state index contributed by atoms with van der Waals surface area (Å²) in [5.74, 6) is -1.81. The number of Topliss-reactive ketones (excluding diaryl/α,β-unsaturated/α-hetero) is 1. The fraction of sp³-hybridized carbons (Fsp3) is 0.364. The molecule has 9 heteroatoms. The molecule has 0 saturated heterocycles. The lowest BCUT2D eigenvalue weighted by Gasteiger charge is -2.21. The first-order valence-corrected chi connectivity index (χ1v) is 13.9. The molecule has 0 N–H and O–H groups in total. The van der Waals surface area contributed by atoms with Crippen molar-refractivity contribution in [2.45, 2.75) is 64.1 Å². The summed E-state index contributed by atoms with van der Waals surface area (Å²) >= 11 is 0. The molecule has 0 bridgehead atoms. The molecule has 0 spiro atoms. The van der Waals surface area contributed by atoms with E-state index in [4.69, 9.17) is 14.2 Å². The van der Waals surface area contributed by atoms with Crippen molar-refractivity contribution in [2.24, 2.45) is 0 Å². The summed E-state index contributed by atoms with van der Waals surface area (Å²) < 4.78 is 55.6. The number of alkyl halides is 3. The third-order valence-corrected chi connectivity index (χ3v) is 6.62. The third-order valence-electron chi connectivity index (χ3n) is 6.62. The van der Waals surface area contributed by atoms with E-state index in [9.17, 15) is 27.6 Å². The Morgan fingerprint density at radius 1 is 0.976 bits per heavy atom. The second-order valence-corrected chi connectivity index (χ2v) is 9.85. The van der Waals surface area contributed by atoms with Crippen LogP contribution in [-0.4, -0.2) is 43.2 Å². The van der Waals surface area contributed by atoms with E-state index < -0.39 is 37.2 Å². The Kier molecular flexibility index (Phi) is 12.3. The fourth-order valence-electron chi connectivity index (χ4n) is 4.34. The van der Waals surface area contributed by atoms with Crippen LogP contribution in [0.1, 0.15) is 78.1 Å². The molecule has 1 atom stereocenters. The number of para-hydroxylation sites is 1. The normalized spacial score (nSPS) is 14.0. The van der Waals surface area contributed by atoms with Gasteiger partial charge >= 0.3 is 18.1 Å². The minimum absolute atomic E-state index is 0.0283. The summed E-state index contributed by atoms with van der Waals surface area (Å²) in [5, 5.41) is 0. The maximum absolute atomic E-state index is 13.4. The minimum Gasteiger partial charge on any atom is -0.462 e. The molecule has 2 aromatic carbocycles. The Balaban J connectivity index is 1.60. The van der Waals surface area contributed by atoms with Crippen molar-refractivity contribution >= 4 is 23.3 Å². The van der Waals surface area contributed by atoms with Crippen molar-refractivity contribution in [3.63, 3.8) is 0 Å². The van der Waals surface area contributed by atoms with Gasteiger partial charge in [0.15, 0.2) is 11.9 Å². The highest BCUT2D eigenvalue weighted by Crippen LogP contribution is 2.28. The number of hydrogen-bond acceptors (Lipinski definition) is 6. The van der Waals surface area contributed by atoms with Gasteiger partial charge in [0.1, 0.15) is 11.3 Å². The minimum atomic E-state index is -4.59. The van der Waals surface area contributed by atoms with Crippen LogP contribution in [0.3, 0.4) is 0 Å². The first kappa shape index (κ1) is 32.5. The predicted octanol–water partition coefficient (Wildman–Crippen LogP) is 7.84. The van der Waals surface area contributed by atoms with Crippen LogP contribution >= 0.6 is 0 Å². The molecule has 0 amide bonds. The highest BCUT2D eigenvalue weighted by atomic mass is 19.4. The number of carbonyl (C=O) groups is 3. The largest absolute Gasteiger partial charge is 0.462 e. The lowest BCUT2D eigenvalue weighted by Crippen LogP contribution is -2.33. The van der Waals surface area contributed by atoms with Gasteiger partial charge in [-0.2, -0.15) is 13.2 Å². The molecule has 42 heavy (non-hydrogen) atoms. The Bertz CT molecular complexity index is 1310. The van der Waals surface area contributed by atoms with Crippen LogP contribution in [0.5, 0.6) is 5.75 Å². The van der Waals surface area contributed by atoms with Crippen LogP contribution in [0, 0.1) is 0 Å². The van der Waals surface area contributed by atoms with Crippen molar-refractivity contribution < 1.29 is 41.8 Å². The van der Waals surface area contributed by atoms with E-state index in [-0.39, 0.29) is 29.3 Å². The number of rotatable bonds is 15. The standard InChI is InChI=1S/C33H35F3O6/c1-3-5-6-9-20-40-30(33(34,35)36)19-21-41-32(39)27-11-7-8-12-29(27)42-31(38)25-16-14-24(15-17-25)26-18-13-23(10-4-2)22-28(26)37/h4,7-8,11-18,30H,2-3,5-6,9-10,19-22H2,1H3. The maximum Gasteiger partial charge on any atom is 0.414 e. The van der Waals surface area contributed by atoms with Gasteiger partial charge in [0.2, 0.25) is 0 Å². The average Bonchev–Trinajstić information content (AvgIpc) is 2.96. The van der Waals surface area contributed by atoms with E-state index in [1.54, 1.807) is 30.4 Å². The Morgan fingerprint density at radius 3 is 2.38 bits per heavy atom. The lowest BCUT2D eigenvalue weighted by atomic mass is 9.90. The van der Waals surface area contributed by atoms with Crippen LogP contribution in [0.15, 0.2) is 78.9 Å². The van der Waals surface area contributed by atoms with Gasteiger partial charge in [0.25, 0.3) is 0 Å². The van der Waals surface area contributed by atoms with E-state index in [0.717, 1.165) is 24.8 Å². The van der Waals surface area contributed by atoms with E-state index in [0.29, 0.717) is 30.4 Å². The molecule has 0 radical (unpaired) electrons. The molecular formula is C33H35F3O6. The van der Waals surface area contributed by atoms with E-state index >= 15 is 0 Å². The van der Waals surface area contributed by atoms with E-state index in [2.05, 4.69) is 6.58 Å². The van der Waals surface area contributed by atoms with Gasteiger partial charge in [0.05, 0.1) is 12.2 Å². The lowest BCUT2D eigenvalue weighted by molar-refractivity contribution is -0.224. The molecule has 0 aliphatic heterocycles. The monoisotopic (exact) mass is 584 g/mol. The van der Waals surface area contributed by atoms with Crippen LogP contribution in [-0.2, 0) is 14.3 Å². The zero-order chi connectivity index (χ0) is 30.5. The van der Waals surface area contributed by atoms with Crippen molar-refractivity contribution in [1.82, 2.24) is 0 Å². The Hall–Kier alpha value is -3.98. The summed E-state index contributed by atoms with van der Waals surface area (Å²) in [4.78, 5) is 38.0. The number of ether oxygens (including phenoxy) is 3. The number of unbranched alkanes of at least 4 members (excludes halogenated alkanes) is 3. The van der Waals surface area contributed by atoms with Gasteiger partial charge in [-0.15, -0.1) is 6.58 Å². The number of halogens is 3. The molecule has 224 valence electrons. The molecule has 1 aliphatic rings. The van der Waals surface area contributed by atoms with E-state index in [1.165, 1.54) is 30.3 Å². The summed E-state index contributed by atoms with van der Waals surface area (Å²) in [6.45, 7) is 5.13. The van der Waals surface area contributed by atoms with E-state index in [1.807, 2.05) is 13.0 Å². The highest BCUT2D eigenvalue weighted by molar-refractivity contribution is 6.22. The predicted molar refractivity (Wildman–Crippen MR) is 153 cm³/mol. The molecule has 0 aromatic heterocycles. The number of esters is 2. The fourth-order valence-corrected chi connectivity index (χ4v) is 4.34. The SMILES string of the molecule is C=CCC1=CC=C(c2ccc(C(=O)Oc3ccccc3C(=O)OCCC(OCCCCCC)C(F)(F)F)cc2)C(=O)C1. The van der Waals surface area contributed by atoms with Crippen molar-refractivity contribution in [3.05, 3.63) is 95.6 Å². The summed E-state index contributed by atoms with van der Waals surface area (Å²) in [5.41, 5.74) is 2.23. The molecule has 6 nitrogen and oxygen atoms in total.